The molecule has 4 aromatic rings. The van der Waals surface area contributed by atoms with Crippen LogP contribution in [0.1, 0.15) is 74.4 Å². The summed E-state index contributed by atoms with van der Waals surface area (Å²) in [5.74, 6) is 0.315. The van der Waals surface area contributed by atoms with E-state index in [1.165, 1.54) is 19.6 Å². The molecule has 1 unspecified atom stereocenters. The van der Waals surface area contributed by atoms with Gasteiger partial charge in [-0.25, -0.2) is 4.79 Å². The van der Waals surface area contributed by atoms with E-state index in [2.05, 4.69) is 81.3 Å². The van der Waals surface area contributed by atoms with Crippen molar-refractivity contribution in [3.05, 3.63) is 112 Å². The second-order valence-electron chi connectivity index (χ2n) is 19.9. The van der Waals surface area contributed by atoms with Gasteiger partial charge in [0.15, 0.2) is 0 Å². The lowest BCUT2D eigenvalue weighted by Gasteiger charge is -2.64. The maximum absolute atomic E-state index is 15.5. The van der Waals surface area contributed by atoms with Crippen molar-refractivity contribution in [3.63, 3.8) is 0 Å². The van der Waals surface area contributed by atoms with Gasteiger partial charge in [0.25, 0.3) is 0 Å². The van der Waals surface area contributed by atoms with Crippen molar-refractivity contribution in [1.82, 2.24) is 20.1 Å². The summed E-state index contributed by atoms with van der Waals surface area (Å²) in [5, 5.41) is 17.9. The van der Waals surface area contributed by atoms with Gasteiger partial charge < -0.3 is 44.0 Å². The van der Waals surface area contributed by atoms with Crippen LogP contribution in [0.2, 0.25) is 0 Å². The predicted molar refractivity (Wildman–Crippen MR) is 258 cm³/mol. The van der Waals surface area contributed by atoms with Crippen LogP contribution >= 0.6 is 0 Å². The van der Waals surface area contributed by atoms with Gasteiger partial charge in [0, 0.05) is 90.9 Å². The Hall–Kier alpha value is -5.83. The molecule has 1 aliphatic carbocycles. The van der Waals surface area contributed by atoms with E-state index >= 15 is 4.79 Å². The van der Waals surface area contributed by atoms with Crippen LogP contribution in [0.5, 0.6) is 11.5 Å². The summed E-state index contributed by atoms with van der Waals surface area (Å²) in [6.45, 7) is 9.29. The fraction of sp³-hybridized carbons (Fsp3) is 0.500. The van der Waals surface area contributed by atoms with E-state index in [1.54, 1.807) is 26.4 Å². The van der Waals surface area contributed by atoms with E-state index in [1.807, 2.05) is 31.3 Å². The second kappa shape index (κ2) is 17.3. The number of alkyl carbamates (subject to hydrolysis) is 1. The zero-order valence-corrected chi connectivity index (χ0v) is 40.4. The molecule has 14 heteroatoms. The Morgan fingerprint density at radius 1 is 0.971 bits per heavy atom. The number of rotatable bonds is 11. The second-order valence-corrected chi connectivity index (χ2v) is 19.9. The molecule has 5 aliphatic heterocycles. The number of carbonyl (C=O) groups excluding carboxylic acids is 3. The van der Waals surface area contributed by atoms with Crippen LogP contribution in [0.3, 0.4) is 0 Å². The van der Waals surface area contributed by atoms with Crippen molar-refractivity contribution in [2.45, 2.75) is 94.1 Å². The minimum absolute atomic E-state index is 0.00392. The third-order valence-electron chi connectivity index (χ3n) is 16.7. The van der Waals surface area contributed by atoms with E-state index < -0.39 is 46.1 Å². The molecule has 9 atom stereocenters. The number of methoxy groups -OCH3 is 3. The number of aliphatic hydroxyl groups is 1. The number of carbonyl (C=O) groups is 3. The third kappa shape index (κ3) is 6.79. The van der Waals surface area contributed by atoms with Gasteiger partial charge in [-0.2, -0.15) is 0 Å². The van der Waals surface area contributed by atoms with E-state index in [-0.39, 0.29) is 31.1 Å². The summed E-state index contributed by atoms with van der Waals surface area (Å²) in [6.07, 6.45) is 8.12. The number of nitrogens with zero attached hydrogens (tertiary/aromatic N) is 3. The highest BCUT2D eigenvalue weighted by molar-refractivity contribution is 5.94. The molecule has 1 spiro atoms. The van der Waals surface area contributed by atoms with Gasteiger partial charge in [-0.15, -0.1) is 0 Å². The summed E-state index contributed by atoms with van der Waals surface area (Å²) in [4.78, 5) is 53.5. The van der Waals surface area contributed by atoms with Crippen LogP contribution in [-0.2, 0) is 47.7 Å². The van der Waals surface area contributed by atoms with Crippen molar-refractivity contribution in [1.29, 1.82) is 0 Å². The smallest absolute Gasteiger partial charge is 0.407 e. The van der Waals surface area contributed by atoms with Crippen LogP contribution in [0.25, 0.3) is 10.9 Å². The highest BCUT2D eigenvalue weighted by atomic mass is 16.6. The molecule has 1 aromatic heterocycles. The molecule has 1 saturated carbocycles. The summed E-state index contributed by atoms with van der Waals surface area (Å²) in [5.41, 5.74) is 2.56. The van der Waals surface area contributed by atoms with Crippen LogP contribution in [0.15, 0.2) is 84.5 Å². The minimum atomic E-state index is -1.87. The van der Waals surface area contributed by atoms with Gasteiger partial charge in [-0.1, -0.05) is 68.0 Å². The molecule has 2 fully saturated rings. The first-order valence-electron chi connectivity index (χ1n) is 24.2. The van der Waals surface area contributed by atoms with Gasteiger partial charge in [0.1, 0.15) is 35.2 Å². The molecule has 3 N–H and O–H groups in total. The molecule has 2 bridgehead atoms. The first-order chi connectivity index (χ1) is 32.8. The van der Waals surface area contributed by atoms with Gasteiger partial charge in [0.05, 0.1) is 33.9 Å². The highest BCUT2D eigenvalue weighted by Gasteiger charge is 2.78. The molecule has 1 amide bonds. The Balaban J connectivity index is 1.17. The van der Waals surface area contributed by atoms with Gasteiger partial charge in [-0.3, -0.25) is 19.4 Å². The Labute approximate surface area is 398 Å². The number of hydrogen-bond donors (Lipinski definition) is 3. The highest BCUT2D eigenvalue weighted by Crippen LogP contribution is 2.68. The van der Waals surface area contributed by atoms with Crippen molar-refractivity contribution < 1.29 is 43.2 Å². The zero-order valence-electron chi connectivity index (χ0n) is 40.4. The van der Waals surface area contributed by atoms with Crippen LogP contribution in [0, 0.1) is 11.3 Å². The van der Waals surface area contributed by atoms with E-state index in [0.717, 1.165) is 71.5 Å². The van der Waals surface area contributed by atoms with Crippen LogP contribution in [-0.4, -0.2) is 129 Å². The molecule has 1 saturated heterocycles. The number of nitrogens with one attached hydrogen (secondary N) is 2. The number of anilines is 1. The van der Waals surface area contributed by atoms with Gasteiger partial charge in [-0.05, 0) is 85.5 Å². The zero-order chi connectivity index (χ0) is 47.8. The number of para-hydroxylation sites is 1. The van der Waals surface area contributed by atoms with Gasteiger partial charge in [0.2, 0.25) is 0 Å². The summed E-state index contributed by atoms with van der Waals surface area (Å²) in [6, 6.07) is 18.8. The number of aromatic amines is 1. The average Bonchev–Trinajstić information content (AvgIpc) is 4.02. The molecule has 0 radical (unpaired) electrons. The minimum Gasteiger partial charge on any atom is -0.497 e. The van der Waals surface area contributed by atoms with E-state index in [9.17, 15) is 14.7 Å². The van der Waals surface area contributed by atoms with E-state index in [0.29, 0.717) is 49.4 Å². The summed E-state index contributed by atoms with van der Waals surface area (Å²) < 4.78 is 30.0. The molecule has 14 nitrogen and oxygen atoms in total. The number of amides is 1. The lowest BCUT2D eigenvalue weighted by Crippen LogP contribution is -2.81. The number of benzene rings is 3. The maximum atomic E-state index is 15.5. The number of likely N-dealkylation sites (N-methyl/N-ethyl adjacent to an activating group) is 1. The van der Waals surface area contributed by atoms with Crippen LogP contribution in [0.4, 0.5) is 10.5 Å². The lowest BCUT2D eigenvalue weighted by molar-refractivity contribution is -0.217. The van der Waals surface area contributed by atoms with Crippen molar-refractivity contribution in [2.24, 2.45) is 11.3 Å². The summed E-state index contributed by atoms with van der Waals surface area (Å²) in [7, 11) is 6.69. The Kier molecular flexibility index (Phi) is 11.7. The molecule has 360 valence electrons. The van der Waals surface area contributed by atoms with E-state index in [4.69, 9.17) is 23.7 Å². The fourth-order valence-corrected chi connectivity index (χ4v) is 14.1. The fourth-order valence-electron chi connectivity index (χ4n) is 14.1. The monoisotopic (exact) mass is 927 g/mol. The van der Waals surface area contributed by atoms with Crippen LogP contribution < -0.4 is 19.7 Å². The number of ether oxygens (including phenoxy) is 5. The molecular formula is C54H65N5O9. The Morgan fingerprint density at radius 3 is 2.49 bits per heavy atom. The number of aromatic nitrogens is 1. The number of fused-ring (bicyclic) bond motifs is 6. The van der Waals surface area contributed by atoms with Crippen molar-refractivity contribution in [3.8, 4) is 11.5 Å². The van der Waals surface area contributed by atoms with Gasteiger partial charge >= 0.3 is 18.0 Å². The normalized spacial score (nSPS) is 31.2. The maximum Gasteiger partial charge on any atom is 0.407 e. The third-order valence-corrected chi connectivity index (χ3v) is 16.7. The number of esters is 2. The standard InChI is InChI=1S/C54H65N5O9/c1-8-34-25-36-28-53(49(61)66-7,45-39(19-23-58(29-34)30-36)38-13-10-11-14-42(38)56-45)41-26-40-43(27-44(41)65-6)57(4)47-52(40)21-24-59-22-12-20-51(9-2,46(52)59)48(68-33(3)60)54(47,63)32-55-50(62)67-31-35-15-17-37(64-5)18-16-35/h10-18,20,25-27,36,46-48,56,63H,8-9,19,21-24,28-32H2,1-7H3,(H,55,62)/t36-,46-,47+,48+,51+,52+,53-,54+/m0/s1. The number of H-pyrrole nitrogens is 1. The van der Waals surface area contributed by atoms with Crippen molar-refractivity contribution in [2.75, 3.05) is 72.5 Å². The molecule has 6 heterocycles. The molecule has 68 heavy (non-hydrogen) atoms. The topological polar surface area (TPSA) is 155 Å². The molecule has 10 rings (SSSR count). The van der Waals surface area contributed by atoms with Crippen molar-refractivity contribution >= 4 is 34.6 Å². The lowest BCUT2D eigenvalue weighted by atomic mass is 9.47. The largest absolute Gasteiger partial charge is 0.497 e. The first kappa shape index (κ1) is 45.9. The number of hydrogen-bond acceptors (Lipinski definition) is 12. The molecule has 6 aliphatic rings. The molecular weight excluding hydrogens is 863 g/mol. The summed E-state index contributed by atoms with van der Waals surface area (Å²) >= 11 is 0. The first-order valence-corrected chi connectivity index (χ1v) is 24.2. The SMILES string of the molecule is CCC1=C[C@@H]2CN(CCc3c([nH]c4ccccc34)[C@@](C(=O)OC)(c3cc4c(cc3OC)N(C)[C@H]3[C@](O)(CNC(=O)OCc5ccc(OC)cc5)[C@H](OC(C)=O)[C@]5(CC)C=CCN6CC[C@]43[C@@H]65)C2)C1. The molecule has 3 aromatic carbocycles. The average molecular weight is 928 g/mol. The Bertz CT molecular complexity index is 2700. The quantitative estimate of drug-likeness (QED) is 0.0849. The predicted octanol–water partition coefficient (Wildman–Crippen LogP) is 6.56. The Morgan fingerprint density at radius 2 is 1.76 bits per heavy atom.